The highest BCUT2D eigenvalue weighted by Gasteiger charge is 2.56. The smallest absolute Gasteiger partial charge is 0.182 e. The van der Waals surface area contributed by atoms with Gasteiger partial charge in [0.2, 0.25) is 0 Å². The van der Waals surface area contributed by atoms with Crippen LogP contribution >= 0.6 is 0 Å². The molecule has 0 N–H and O–H groups in total. The number of ketones is 1. The fourth-order valence-electron chi connectivity index (χ4n) is 7.76. The Hall–Kier alpha value is -3.55. The Morgan fingerprint density at radius 3 is 1.54 bits per heavy atom. The van der Waals surface area contributed by atoms with E-state index in [0.717, 1.165) is 39.8 Å². The van der Waals surface area contributed by atoms with E-state index in [4.69, 9.17) is 0 Å². The molecule has 0 heterocycles. The third kappa shape index (κ3) is 6.00. The Bertz CT molecular complexity index is 1930. The summed E-state index contributed by atoms with van der Waals surface area (Å²) in [6, 6.07) is 29.7. The molecule has 6 atom stereocenters. The van der Waals surface area contributed by atoms with Crippen molar-refractivity contribution in [3.05, 3.63) is 130 Å². The molecule has 4 aromatic rings. The van der Waals surface area contributed by atoms with E-state index >= 15 is 0 Å². The lowest BCUT2D eigenvalue weighted by molar-refractivity contribution is -0.128. The van der Waals surface area contributed by atoms with Gasteiger partial charge in [0.15, 0.2) is 19.7 Å². The van der Waals surface area contributed by atoms with Crippen LogP contribution in [-0.4, -0.2) is 33.1 Å². The Kier molecular flexibility index (Phi) is 8.85. The topological polar surface area (TPSA) is 85.3 Å². The molecule has 2 aliphatic rings. The number of fused-ring (bicyclic) bond motifs is 1. The molecule has 2 saturated carbocycles. The monoisotopic (exact) mass is 654 g/mol. The maximum Gasteiger partial charge on any atom is 0.182 e. The third-order valence-corrected chi connectivity index (χ3v) is 15.0. The molecule has 0 bridgehead atoms. The van der Waals surface area contributed by atoms with Gasteiger partial charge in [-0.25, -0.2) is 16.8 Å². The molecule has 0 amide bonds. The zero-order valence-corrected chi connectivity index (χ0v) is 28.5. The third-order valence-electron chi connectivity index (χ3n) is 10.4. The molecule has 2 aliphatic carbocycles. The highest BCUT2D eigenvalue weighted by atomic mass is 32.2. The lowest BCUT2D eigenvalue weighted by Crippen LogP contribution is -2.53. The zero-order valence-electron chi connectivity index (χ0n) is 26.9. The largest absolute Gasteiger partial charge is 0.299 e. The summed E-state index contributed by atoms with van der Waals surface area (Å²) < 4.78 is 58.3. The predicted octanol–water partition coefficient (Wildman–Crippen LogP) is 7.73. The zero-order chi connectivity index (χ0) is 32.8. The van der Waals surface area contributed by atoms with E-state index in [1.165, 1.54) is 0 Å². The van der Waals surface area contributed by atoms with Gasteiger partial charge in [-0.1, -0.05) is 96.4 Å². The average Bonchev–Trinajstić information content (AvgIpc) is 3.05. The van der Waals surface area contributed by atoms with Gasteiger partial charge >= 0.3 is 0 Å². The second kappa shape index (κ2) is 12.6. The Balaban J connectivity index is 1.51. The first-order valence-electron chi connectivity index (χ1n) is 16.2. The van der Waals surface area contributed by atoms with Crippen LogP contribution in [0.2, 0.25) is 0 Å². The summed E-state index contributed by atoms with van der Waals surface area (Å²) >= 11 is 0. The van der Waals surface area contributed by atoms with Gasteiger partial charge in [0, 0.05) is 24.2 Å². The van der Waals surface area contributed by atoms with Crippen molar-refractivity contribution in [2.24, 2.45) is 11.8 Å². The number of aryl methyl sites for hydroxylation is 4. The summed E-state index contributed by atoms with van der Waals surface area (Å²) in [6.45, 7) is 7.89. The van der Waals surface area contributed by atoms with Crippen molar-refractivity contribution in [1.82, 2.24) is 0 Å². The van der Waals surface area contributed by atoms with E-state index in [0.29, 0.717) is 0 Å². The number of carbonyl (C=O) groups is 1. The number of sulfone groups is 2. The van der Waals surface area contributed by atoms with Gasteiger partial charge in [-0.2, -0.15) is 0 Å². The quantitative estimate of drug-likeness (QED) is 0.204. The van der Waals surface area contributed by atoms with Crippen LogP contribution in [0, 0.1) is 32.6 Å². The van der Waals surface area contributed by atoms with Gasteiger partial charge in [0.1, 0.15) is 5.78 Å². The standard InChI is InChI=1S/C39H42O5S2/c1-5-28-12-16-29(17-13-28)33-22-36-35(24-38(33)45(41,42)31-18-8-26(3)9-19-31)37(40)23-34(30-14-6-25(2)7-15-30)39(36)46(43,44)32-20-10-27(4)11-21-32/h6-21,33-36,38-39H,5,22-24H2,1-4H3/t33-,34-,35+,36-,38?,39?/m0/s1. The maximum atomic E-state index is 14.7. The van der Waals surface area contributed by atoms with Crippen LogP contribution in [-0.2, 0) is 30.9 Å². The van der Waals surface area contributed by atoms with Crippen LogP contribution < -0.4 is 0 Å². The van der Waals surface area contributed by atoms with Crippen molar-refractivity contribution >= 4 is 25.5 Å². The summed E-state index contributed by atoms with van der Waals surface area (Å²) in [7, 11) is -7.76. The second-order valence-electron chi connectivity index (χ2n) is 13.4. The summed E-state index contributed by atoms with van der Waals surface area (Å²) in [5.41, 5.74) is 5.82. The Labute approximate surface area is 273 Å². The molecule has 0 radical (unpaired) electrons. The summed E-state index contributed by atoms with van der Waals surface area (Å²) in [5.74, 6) is -2.27. The molecule has 0 spiro atoms. The summed E-state index contributed by atoms with van der Waals surface area (Å²) in [5, 5.41) is -1.73. The fraction of sp³-hybridized carbons (Fsp3) is 0.359. The fourth-order valence-corrected chi connectivity index (χ4v) is 12.1. The molecule has 46 heavy (non-hydrogen) atoms. The van der Waals surface area contributed by atoms with Gasteiger partial charge < -0.3 is 0 Å². The van der Waals surface area contributed by atoms with Crippen LogP contribution in [0.4, 0.5) is 0 Å². The molecule has 240 valence electrons. The minimum atomic E-state index is -3.91. The van der Waals surface area contributed by atoms with E-state index in [1.54, 1.807) is 36.4 Å². The molecular weight excluding hydrogens is 613 g/mol. The van der Waals surface area contributed by atoms with Crippen LogP contribution in [0.5, 0.6) is 0 Å². The molecule has 0 aromatic heterocycles. The van der Waals surface area contributed by atoms with Crippen molar-refractivity contribution in [2.45, 2.75) is 85.5 Å². The number of carbonyl (C=O) groups excluding carboxylic acids is 1. The minimum Gasteiger partial charge on any atom is -0.299 e. The van der Waals surface area contributed by atoms with E-state index in [1.807, 2.05) is 81.4 Å². The lowest BCUT2D eigenvalue weighted by atomic mass is 9.61. The summed E-state index contributed by atoms with van der Waals surface area (Å²) in [6.07, 6.45) is 1.30. The van der Waals surface area contributed by atoms with Crippen molar-refractivity contribution in [2.75, 3.05) is 0 Å². The van der Waals surface area contributed by atoms with E-state index in [2.05, 4.69) is 6.92 Å². The van der Waals surface area contributed by atoms with Crippen LogP contribution in [0.15, 0.2) is 107 Å². The first kappa shape index (κ1) is 32.4. The van der Waals surface area contributed by atoms with Gasteiger partial charge in [-0.05, 0) is 86.9 Å². The van der Waals surface area contributed by atoms with E-state index in [9.17, 15) is 21.6 Å². The predicted molar refractivity (Wildman–Crippen MR) is 183 cm³/mol. The van der Waals surface area contributed by atoms with E-state index in [-0.39, 0.29) is 34.8 Å². The molecule has 5 nitrogen and oxygen atoms in total. The van der Waals surface area contributed by atoms with Gasteiger partial charge in [0.25, 0.3) is 0 Å². The second-order valence-corrected chi connectivity index (χ2v) is 17.6. The summed E-state index contributed by atoms with van der Waals surface area (Å²) in [4.78, 5) is 14.6. The normalized spacial score (nSPS) is 25.2. The molecule has 7 heteroatoms. The van der Waals surface area contributed by atoms with Crippen molar-refractivity contribution in [3.63, 3.8) is 0 Å². The average molecular weight is 655 g/mol. The first-order valence-corrected chi connectivity index (χ1v) is 19.3. The molecular formula is C39H42O5S2. The number of Topliss-reactive ketones (excluding diaryl/α,β-unsaturated/α-hetero) is 1. The van der Waals surface area contributed by atoms with Gasteiger partial charge in [-0.3, -0.25) is 4.79 Å². The van der Waals surface area contributed by atoms with Crippen LogP contribution in [0.1, 0.15) is 71.4 Å². The van der Waals surface area contributed by atoms with E-state index < -0.39 is 53.8 Å². The number of hydrogen-bond donors (Lipinski definition) is 0. The van der Waals surface area contributed by atoms with Crippen molar-refractivity contribution in [3.8, 4) is 0 Å². The molecule has 2 unspecified atom stereocenters. The van der Waals surface area contributed by atoms with Crippen molar-refractivity contribution in [1.29, 1.82) is 0 Å². The number of hydrogen-bond acceptors (Lipinski definition) is 5. The molecule has 0 saturated heterocycles. The number of rotatable bonds is 7. The molecule has 2 fully saturated rings. The van der Waals surface area contributed by atoms with Crippen molar-refractivity contribution < 1.29 is 21.6 Å². The van der Waals surface area contributed by atoms with Gasteiger partial charge in [-0.15, -0.1) is 0 Å². The van der Waals surface area contributed by atoms with Gasteiger partial charge in [0.05, 0.1) is 20.3 Å². The van der Waals surface area contributed by atoms with Crippen LogP contribution in [0.3, 0.4) is 0 Å². The highest BCUT2D eigenvalue weighted by Crippen LogP contribution is 2.54. The maximum absolute atomic E-state index is 14.7. The minimum absolute atomic E-state index is 0.0465. The molecule has 4 aromatic carbocycles. The Morgan fingerprint density at radius 2 is 1.02 bits per heavy atom. The SMILES string of the molecule is CCc1ccc([C@@H]2C[C@@H]3C(S(=O)(=O)c4ccc(C)cc4)[C@H](c4ccc(C)cc4)CC(=O)[C@@H]3CC2S(=O)(=O)c2ccc(C)cc2)cc1. The number of benzene rings is 4. The van der Waals surface area contributed by atoms with Crippen LogP contribution in [0.25, 0.3) is 0 Å². The lowest BCUT2D eigenvalue weighted by Gasteiger charge is -2.48. The Morgan fingerprint density at radius 1 is 0.565 bits per heavy atom. The molecule has 0 aliphatic heterocycles. The highest BCUT2D eigenvalue weighted by molar-refractivity contribution is 7.92. The first-order chi connectivity index (χ1) is 21.9. The molecule has 6 rings (SSSR count).